The zero-order valence-electron chi connectivity index (χ0n) is 10.2. The van der Waals surface area contributed by atoms with Gasteiger partial charge in [-0.2, -0.15) is 0 Å². The SMILES string of the molecule is Cl.c1ccc(-c2csc(N3CCCCC3)n2)cc1. The molecule has 0 atom stereocenters. The Labute approximate surface area is 118 Å². The molecule has 1 aliphatic heterocycles. The van der Waals surface area contributed by atoms with Gasteiger partial charge < -0.3 is 4.90 Å². The molecule has 0 saturated carbocycles. The van der Waals surface area contributed by atoms with E-state index in [4.69, 9.17) is 4.98 Å². The van der Waals surface area contributed by atoms with Crippen LogP contribution in [0.2, 0.25) is 0 Å². The first-order valence-electron chi connectivity index (χ1n) is 6.19. The van der Waals surface area contributed by atoms with Gasteiger partial charge in [-0.05, 0) is 19.3 Å². The summed E-state index contributed by atoms with van der Waals surface area (Å²) in [5, 5.41) is 3.35. The fraction of sp³-hybridized carbons (Fsp3) is 0.357. The van der Waals surface area contributed by atoms with Crippen LogP contribution >= 0.6 is 23.7 Å². The summed E-state index contributed by atoms with van der Waals surface area (Å²) >= 11 is 1.77. The van der Waals surface area contributed by atoms with E-state index < -0.39 is 0 Å². The molecule has 0 radical (unpaired) electrons. The van der Waals surface area contributed by atoms with Crippen LogP contribution in [0.1, 0.15) is 19.3 Å². The van der Waals surface area contributed by atoms with Crippen molar-refractivity contribution in [3.8, 4) is 11.3 Å². The number of piperidine rings is 1. The largest absolute Gasteiger partial charge is 0.348 e. The minimum absolute atomic E-state index is 0. The highest BCUT2D eigenvalue weighted by atomic mass is 35.5. The average Bonchev–Trinajstić information content (AvgIpc) is 2.90. The van der Waals surface area contributed by atoms with Gasteiger partial charge in [-0.15, -0.1) is 23.7 Å². The van der Waals surface area contributed by atoms with Crippen LogP contribution in [0.4, 0.5) is 5.13 Å². The number of aromatic nitrogens is 1. The predicted molar refractivity (Wildman–Crippen MR) is 80.9 cm³/mol. The first-order valence-corrected chi connectivity index (χ1v) is 7.07. The lowest BCUT2D eigenvalue weighted by atomic mass is 10.1. The molecule has 18 heavy (non-hydrogen) atoms. The van der Waals surface area contributed by atoms with E-state index in [1.165, 1.54) is 43.0 Å². The average molecular weight is 281 g/mol. The van der Waals surface area contributed by atoms with Crippen molar-refractivity contribution in [3.63, 3.8) is 0 Å². The minimum Gasteiger partial charge on any atom is -0.348 e. The van der Waals surface area contributed by atoms with Crippen LogP contribution in [0.15, 0.2) is 35.7 Å². The highest BCUT2D eigenvalue weighted by molar-refractivity contribution is 7.14. The molecule has 3 rings (SSSR count). The van der Waals surface area contributed by atoms with Crippen molar-refractivity contribution in [1.29, 1.82) is 0 Å². The quantitative estimate of drug-likeness (QED) is 0.819. The third-order valence-electron chi connectivity index (χ3n) is 3.19. The molecule has 1 aromatic heterocycles. The van der Waals surface area contributed by atoms with Gasteiger partial charge in [0.15, 0.2) is 5.13 Å². The number of hydrogen-bond donors (Lipinski definition) is 0. The Bertz CT molecular complexity index is 478. The number of thiazole rings is 1. The van der Waals surface area contributed by atoms with Crippen LogP contribution in [-0.2, 0) is 0 Å². The lowest BCUT2D eigenvalue weighted by Crippen LogP contribution is -2.29. The lowest BCUT2D eigenvalue weighted by Gasteiger charge is -2.25. The molecule has 1 aliphatic rings. The van der Waals surface area contributed by atoms with Crippen LogP contribution in [0, 0.1) is 0 Å². The molecular formula is C14H17ClN2S. The van der Waals surface area contributed by atoms with Gasteiger partial charge in [-0.25, -0.2) is 4.98 Å². The van der Waals surface area contributed by atoms with Crippen molar-refractivity contribution in [3.05, 3.63) is 35.7 Å². The molecule has 0 amide bonds. The molecule has 1 aromatic carbocycles. The second kappa shape index (κ2) is 6.21. The standard InChI is InChI=1S/C14H16N2S.ClH/c1-3-7-12(8-4-1)13-11-17-14(15-13)16-9-5-2-6-10-16;/h1,3-4,7-8,11H,2,5-6,9-10H2;1H. The smallest absolute Gasteiger partial charge is 0.185 e. The number of rotatable bonds is 2. The maximum absolute atomic E-state index is 4.75. The highest BCUT2D eigenvalue weighted by Gasteiger charge is 2.14. The summed E-state index contributed by atoms with van der Waals surface area (Å²) in [5.74, 6) is 0. The lowest BCUT2D eigenvalue weighted by molar-refractivity contribution is 0.577. The molecule has 96 valence electrons. The molecule has 1 fully saturated rings. The van der Waals surface area contributed by atoms with Crippen LogP contribution in [-0.4, -0.2) is 18.1 Å². The second-order valence-electron chi connectivity index (χ2n) is 4.43. The highest BCUT2D eigenvalue weighted by Crippen LogP contribution is 2.28. The van der Waals surface area contributed by atoms with Gasteiger partial charge in [-0.3, -0.25) is 0 Å². The van der Waals surface area contributed by atoms with E-state index in [-0.39, 0.29) is 12.4 Å². The Morgan fingerprint density at radius 2 is 1.72 bits per heavy atom. The molecule has 2 heterocycles. The molecule has 2 aromatic rings. The van der Waals surface area contributed by atoms with E-state index in [9.17, 15) is 0 Å². The van der Waals surface area contributed by atoms with Gasteiger partial charge in [0.1, 0.15) is 0 Å². The summed E-state index contributed by atoms with van der Waals surface area (Å²) in [6.45, 7) is 2.34. The predicted octanol–water partition coefficient (Wildman–Crippen LogP) is 4.22. The summed E-state index contributed by atoms with van der Waals surface area (Å²) in [5.41, 5.74) is 2.32. The zero-order chi connectivity index (χ0) is 11.5. The second-order valence-corrected chi connectivity index (χ2v) is 5.27. The summed E-state index contributed by atoms with van der Waals surface area (Å²) in [7, 11) is 0. The molecule has 4 heteroatoms. The van der Waals surface area contributed by atoms with Crippen molar-refractivity contribution < 1.29 is 0 Å². The molecule has 0 N–H and O–H groups in total. The van der Waals surface area contributed by atoms with Crippen LogP contribution in [0.5, 0.6) is 0 Å². The van der Waals surface area contributed by atoms with Gasteiger partial charge in [0, 0.05) is 24.0 Å². The summed E-state index contributed by atoms with van der Waals surface area (Å²) in [6, 6.07) is 10.4. The zero-order valence-corrected chi connectivity index (χ0v) is 11.8. The van der Waals surface area contributed by atoms with E-state index in [1.54, 1.807) is 11.3 Å². The summed E-state index contributed by atoms with van der Waals surface area (Å²) in [6.07, 6.45) is 3.98. The Morgan fingerprint density at radius 1 is 1.00 bits per heavy atom. The van der Waals surface area contributed by atoms with Crippen molar-refractivity contribution >= 4 is 28.9 Å². The van der Waals surface area contributed by atoms with E-state index >= 15 is 0 Å². The van der Waals surface area contributed by atoms with Crippen LogP contribution < -0.4 is 4.90 Å². The molecule has 0 unspecified atom stereocenters. The number of anilines is 1. The van der Waals surface area contributed by atoms with E-state index in [1.807, 2.05) is 6.07 Å². The number of benzene rings is 1. The monoisotopic (exact) mass is 280 g/mol. The van der Waals surface area contributed by atoms with Crippen LogP contribution in [0.25, 0.3) is 11.3 Å². The summed E-state index contributed by atoms with van der Waals surface area (Å²) in [4.78, 5) is 7.17. The van der Waals surface area contributed by atoms with Gasteiger partial charge in [0.25, 0.3) is 0 Å². The normalized spacial score (nSPS) is 15.2. The van der Waals surface area contributed by atoms with Gasteiger partial charge in [0.05, 0.1) is 5.69 Å². The summed E-state index contributed by atoms with van der Waals surface area (Å²) < 4.78 is 0. The van der Waals surface area contributed by atoms with E-state index in [0.717, 1.165) is 5.69 Å². The van der Waals surface area contributed by atoms with Crippen molar-refractivity contribution in [2.75, 3.05) is 18.0 Å². The third-order valence-corrected chi connectivity index (χ3v) is 4.09. The first kappa shape index (κ1) is 13.4. The third kappa shape index (κ3) is 2.85. The topological polar surface area (TPSA) is 16.1 Å². The van der Waals surface area contributed by atoms with Crippen molar-refractivity contribution in [1.82, 2.24) is 4.98 Å². The maximum atomic E-state index is 4.75. The molecule has 2 nitrogen and oxygen atoms in total. The first-order chi connectivity index (χ1) is 8.43. The van der Waals surface area contributed by atoms with Crippen LogP contribution in [0.3, 0.4) is 0 Å². The fourth-order valence-corrected chi connectivity index (χ4v) is 3.12. The van der Waals surface area contributed by atoms with Crippen molar-refractivity contribution in [2.45, 2.75) is 19.3 Å². The molecule has 0 spiro atoms. The Hall–Kier alpha value is -1.06. The van der Waals surface area contributed by atoms with Gasteiger partial charge in [-0.1, -0.05) is 30.3 Å². The van der Waals surface area contributed by atoms with Gasteiger partial charge >= 0.3 is 0 Å². The molecular weight excluding hydrogens is 264 g/mol. The van der Waals surface area contributed by atoms with E-state index in [0.29, 0.717) is 0 Å². The molecule has 0 bridgehead atoms. The Morgan fingerprint density at radius 3 is 2.44 bits per heavy atom. The maximum Gasteiger partial charge on any atom is 0.185 e. The molecule has 0 aliphatic carbocycles. The number of nitrogens with zero attached hydrogens (tertiary/aromatic N) is 2. The minimum atomic E-state index is 0. The fourth-order valence-electron chi connectivity index (χ4n) is 2.24. The molecule has 1 saturated heterocycles. The number of halogens is 1. The number of hydrogen-bond acceptors (Lipinski definition) is 3. The Kier molecular flexibility index (Phi) is 4.61. The van der Waals surface area contributed by atoms with Crippen molar-refractivity contribution in [2.24, 2.45) is 0 Å². The Balaban J connectivity index is 0.00000120. The van der Waals surface area contributed by atoms with Gasteiger partial charge in [0.2, 0.25) is 0 Å². The van der Waals surface area contributed by atoms with E-state index in [2.05, 4.69) is 34.5 Å².